The lowest BCUT2D eigenvalue weighted by Gasteiger charge is -2.08. The average molecular weight is 330 g/mol. The minimum atomic E-state index is -0.785. The van der Waals surface area contributed by atoms with Crippen molar-refractivity contribution in [3.8, 4) is 0 Å². The van der Waals surface area contributed by atoms with Crippen molar-refractivity contribution in [2.45, 2.75) is 13.3 Å². The molecule has 0 saturated heterocycles. The number of esters is 1. The van der Waals surface area contributed by atoms with Crippen molar-refractivity contribution >= 4 is 33.4 Å². The molecule has 0 bridgehead atoms. The topological polar surface area (TPSA) is 86.5 Å². The number of alkyl halides is 1. The number of nitrogens with zero attached hydrogens (tertiary/aromatic N) is 1. The van der Waals surface area contributed by atoms with Gasteiger partial charge in [0.05, 0.1) is 16.9 Å². The molecule has 0 heterocycles. The predicted octanol–water partition coefficient (Wildman–Crippen LogP) is 2.28. The van der Waals surface area contributed by atoms with Gasteiger partial charge in [-0.05, 0) is 12.5 Å². The van der Waals surface area contributed by atoms with E-state index < -0.39 is 10.9 Å². The van der Waals surface area contributed by atoms with E-state index in [-0.39, 0.29) is 35.4 Å². The molecule has 1 rings (SSSR count). The van der Waals surface area contributed by atoms with Crippen molar-refractivity contribution in [2.75, 3.05) is 11.9 Å². The molecule has 0 aliphatic rings. The van der Waals surface area contributed by atoms with Crippen LogP contribution in [0.25, 0.3) is 0 Å². The van der Waals surface area contributed by atoms with Gasteiger partial charge in [-0.15, -0.1) is 0 Å². The molecule has 0 saturated carbocycles. The van der Waals surface area contributed by atoms with Gasteiger partial charge in [0.2, 0.25) is 0 Å². The number of nitro groups is 1. The lowest BCUT2D eigenvalue weighted by atomic mass is 10.0. The van der Waals surface area contributed by atoms with Gasteiger partial charge < -0.3 is 4.74 Å². The summed E-state index contributed by atoms with van der Waals surface area (Å²) >= 11 is 3.01. The van der Waals surface area contributed by atoms with E-state index >= 15 is 0 Å². The second-order valence-corrected chi connectivity index (χ2v) is 4.20. The number of rotatable bonds is 6. The van der Waals surface area contributed by atoms with Gasteiger partial charge in [-0.3, -0.25) is 14.9 Å². The Morgan fingerprint density at radius 3 is 2.63 bits per heavy atom. The fourth-order valence-corrected chi connectivity index (χ4v) is 1.78. The highest BCUT2D eigenvalue weighted by Crippen LogP contribution is 2.24. The molecule has 0 spiro atoms. The number of carbonyl (C=O) groups is 2. The number of benzene rings is 1. The normalized spacial score (nSPS) is 10.0. The second-order valence-electron chi connectivity index (χ2n) is 3.64. The monoisotopic (exact) mass is 329 g/mol. The number of nitro benzene ring substituents is 1. The number of Topliss-reactive ketones (excluding diaryl/α,β-unsaturated/α-hetero) is 1. The summed E-state index contributed by atoms with van der Waals surface area (Å²) in [5.41, 5.74) is -0.195. The molecule has 0 aliphatic carbocycles. The Hall–Kier alpha value is -1.76. The molecule has 0 unspecified atom stereocenters. The third kappa shape index (κ3) is 3.85. The van der Waals surface area contributed by atoms with Crippen molar-refractivity contribution in [3.05, 3.63) is 39.4 Å². The van der Waals surface area contributed by atoms with Crippen LogP contribution in [-0.2, 0) is 16.0 Å². The summed E-state index contributed by atoms with van der Waals surface area (Å²) in [5, 5.41) is 11.1. The molecule has 0 fully saturated rings. The summed E-state index contributed by atoms with van der Waals surface area (Å²) in [5.74, 6) is -0.960. The molecule has 0 aromatic heterocycles. The Morgan fingerprint density at radius 2 is 2.11 bits per heavy atom. The van der Waals surface area contributed by atoms with Crippen LogP contribution in [-0.4, -0.2) is 28.6 Å². The van der Waals surface area contributed by atoms with Crippen LogP contribution in [0.15, 0.2) is 18.2 Å². The summed E-state index contributed by atoms with van der Waals surface area (Å²) in [4.78, 5) is 33.5. The Balaban J connectivity index is 3.29. The number of ketones is 1. The highest BCUT2D eigenvalue weighted by Gasteiger charge is 2.25. The Kier molecular flexibility index (Phi) is 5.62. The fourth-order valence-electron chi connectivity index (χ4n) is 1.58. The van der Waals surface area contributed by atoms with Gasteiger partial charge >= 0.3 is 5.97 Å². The van der Waals surface area contributed by atoms with E-state index in [4.69, 9.17) is 4.74 Å². The van der Waals surface area contributed by atoms with E-state index in [1.165, 1.54) is 18.2 Å². The van der Waals surface area contributed by atoms with Crippen LogP contribution in [0.2, 0.25) is 0 Å². The molecule has 7 heteroatoms. The molecule has 0 amide bonds. The van der Waals surface area contributed by atoms with Gasteiger partial charge in [-0.2, -0.15) is 0 Å². The summed E-state index contributed by atoms with van der Waals surface area (Å²) in [6.45, 7) is 1.71. The van der Waals surface area contributed by atoms with E-state index in [1.807, 2.05) is 0 Å². The molecule has 102 valence electrons. The third-order valence-electron chi connectivity index (χ3n) is 2.34. The first kappa shape index (κ1) is 15.3. The van der Waals surface area contributed by atoms with Crippen LogP contribution < -0.4 is 0 Å². The molecule has 1 aromatic rings. The van der Waals surface area contributed by atoms with Gasteiger partial charge in [0.25, 0.3) is 5.69 Å². The van der Waals surface area contributed by atoms with Crippen LogP contribution in [0.3, 0.4) is 0 Å². The van der Waals surface area contributed by atoms with Crippen molar-refractivity contribution in [1.82, 2.24) is 0 Å². The third-order valence-corrected chi connectivity index (χ3v) is 2.97. The highest BCUT2D eigenvalue weighted by atomic mass is 79.9. The van der Waals surface area contributed by atoms with Gasteiger partial charge in [0.1, 0.15) is 11.3 Å². The largest absolute Gasteiger partial charge is 0.462 e. The van der Waals surface area contributed by atoms with Crippen LogP contribution >= 0.6 is 15.9 Å². The molecular formula is C12H12BrNO5. The number of ether oxygens (including phenoxy) is 1. The fraction of sp³-hybridized carbons (Fsp3) is 0.333. The minimum Gasteiger partial charge on any atom is -0.462 e. The van der Waals surface area contributed by atoms with Crippen molar-refractivity contribution in [1.29, 1.82) is 0 Å². The zero-order valence-corrected chi connectivity index (χ0v) is 11.8. The van der Waals surface area contributed by atoms with Crippen LogP contribution in [0.5, 0.6) is 0 Å². The van der Waals surface area contributed by atoms with Gasteiger partial charge in [-0.1, -0.05) is 28.1 Å². The smallest absolute Gasteiger partial charge is 0.345 e. The lowest BCUT2D eigenvalue weighted by Crippen LogP contribution is -2.14. The minimum absolute atomic E-state index is 0.0545. The van der Waals surface area contributed by atoms with E-state index in [9.17, 15) is 19.7 Å². The van der Waals surface area contributed by atoms with E-state index in [0.29, 0.717) is 5.56 Å². The van der Waals surface area contributed by atoms with Gasteiger partial charge in [0, 0.05) is 12.5 Å². The highest BCUT2D eigenvalue weighted by molar-refractivity contribution is 9.09. The quantitative estimate of drug-likeness (QED) is 0.346. The number of hydrogen-bond donors (Lipinski definition) is 0. The van der Waals surface area contributed by atoms with Gasteiger partial charge in [-0.25, -0.2) is 4.79 Å². The molecule has 0 radical (unpaired) electrons. The predicted molar refractivity (Wildman–Crippen MR) is 71.6 cm³/mol. The molecule has 0 N–H and O–H groups in total. The maximum atomic E-state index is 11.8. The molecule has 0 atom stereocenters. The summed E-state index contributed by atoms with van der Waals surface area (Å²) in [6, 6.07) is 4.17. The van der Waals surface area contributed by atoms with Crippen LogP contribution in [0.1, 0.15) is 22.8 Å². The second kappa shape index (κ2) is 6.98. The standard InChI is InChI=1S/C12H12BrNO5/c1-2-19-12(16)11-8(6-9(15)7-13)4-3-5-10(11)14(17)18/h3-5H,2,6-7H2,1H3. The van der Waals surface area contributed by atoms with E-state index in [1.54, 1.807) is 6.92 Å². The number of carbonyl (C=O) groups excluding carboxylic acids is 2. The zero-order chi connectivity index (χ0) is 14.4. The summed E-state index contributed by atoms with van der Waals surface area (Å²) in [7, 11) is 0. The van der Waals surface area contributed by atoms with Gasteiger partial charge in [0.15, 0.2) is 0 Å². The summed E-state index contributed by atoms with van der Waals surface area (Å²) < 4.78 is 4.81. The lowest BCUT2D eigenvalue weighted by molar-refractivity contribution is -0.385. The maximum absolute atomic E-state index is 11.8. The number of hydrogen-bond acceptors (Lipinski definition) is 5. The first-order chi connectivity index (χ1) is 9.01. The number of halogens is 1. The average Bonchev–Trinajstić information content (AvgIpc) is 2.38. The van der Waals surface area contributed by atoms with E-state index in [2.05, 4.69) is 15.9 Å². The first-order valence-corrected chi connectivity index (χ1v) is 6.64. The first-order valence-electron chi connectivity index (χ1n) is 5.52. The maximum Gasteiger partial charge on any atom is 0.345 e. The zero-order valence-electron chi connectivity index (χ0n) is 10.2. The molecule has 6 nitrogen and oxygen atoms in total. The molecule has 19 heavy (non-hydrogen) atoms. The summed E-state index contributed by atoms with van der Waals surface area (Å²) in [6.07, 6.45) is -0.0545. The van der Waals surface area contributed by atoms with Crippen LogP contribution in [0.4, 0.5) is 5.69 Å². The van der Waals surface area contributed by atoms with Crippen LogP contribution in [0, 0.1) is 10.1 Å². The SMILES string of the molecule is CCOC(=O)c1c(CC(=O)CBr)cccc1[N+](=O)[O-]. The van der Waals surface area contributed by atoms with E-state index in [0.717, 1.165) is 0 Å². The van der Waals surface area contributed by atoms with Crippen molar-refractivity contribution in [3.63, 3.8) is 0 Å². The molecule has 1 aromatic carbocycles. The van der Waals surface area contributed by atoms with Crippen molar-refractivity contribution < 1.29 is 19.2 Å². The molecular weight excluding hydrogens is 318 g/mol. The Bertz CT molecular complexity index is 515. The Labute approximate surface area is 118 Å². The Morgan fingerprint density at radius 1 is 1.42 bits per heavy atom. The van der Waals surface area contributed by atoms with Crippen molar-refractivity contribution in [2.24, 2.45) is 0 Å². The molecule has 0 aliphatic heterocycles.